The van der Waals surface area contributed by atoms with Crippen molar-refractivity contribution in [2.45, 2.75) is 19.9 Å². The van der Waals surface area contributed by atoms with Crippen LogP contribution < -0.4 is 21.1 Å². The summed E-state index contributed by atoms with van der Waals surface area (Å²) < 4.78 is 5.25. The summed E-state index contributed by atoms with van der Waals surface area (Å²) in [6.07, 6.45) is 0.861. The molecule has 26 heavy (non-hydrogen) atoms. The molecule has 0 aliphatic rings. The number of amides is 1. The predicted molar refractivity (Wildman–Crippen MR) is 117 cm³/mol. The van der Waals surface area contributed by atoms with E-state index < -0.39 is 5.91 Å². The zero-order valence-corrected chi connectivity index (χ0v) is 17.9. The first-order valence-corrected chi connectivity index (χ1v) is 9.10. The molecule has 1 aromatic heterocycles. The van der Waals surface area contributed by atoms with Gasteiger partial charge >= 0.3 is 0 Å². The van der Waals surface area contributed by atoms with Crippen LogP contribution in [0.5, 0.6) is 5.75 Å². The molecule has 0 spiro atoms. The van der Waals surface area contributed by atoms with Crippen molar-refractivity contribution in [3.63, 3.8) is 0 Å². The van der Waals surface area contributed by atoms with Crippen molar-refractivity contribution in [1.82, 2.24) is 10.6 Å². The number of hydrogen-bond acceptors (Lipinski definition) is 4. The summed E-state index contributed by atoms with van der Waals surface area (Å²) in [5.74, 6) is 0.977. The van der Waals surface area contributed by atoms with E-state index in [0.29, 0.717) is 12.3 Å². The third-order valence-electron chi connectivity index (χ3n) is 3.33. The van der Waals surface area contributed by atoms with Gasteiger partial charge < -0.3 is 21.1 Å². The maximum absolute atomic E-state index is 10.7. The third-order valence-corrected chi connectivity index (χ3v) is 4.19. The van der Waals surface area contributed by atoms with Gasteiger partial charge in [-0.3, -0.25) is 4.79 Å². The summed E-state index contributed by atoms with van der Waals surface area (Å²) in [6, 6.07) is 11.8. The van der Waals surface area contributed by atoms with Crippen molar-refractivity contribution in [2.75, 3.05) is 19.7 Å². The van der Waals surface area contributed by atoms with Crippen molar-refractivity contribution in [2.24, 2.45) is 10.7 Å². The smallest absolute Gasteiger partial charge is 0.255 e. The monoisotopic (exact) mass is 488 g/mol. The molecule has 8 heteroatoms. The second-order valence-electron chi connectivity index (χ2n) is 5.35. The van der Waals surface area contributed by atoms with Crippen molar-refractivity contribution in [3.05, 3.63) is 52.2 Å². The fourth-order valence-electron chi connectivity index (χ4n) is 2.13. The van der Waals surface area contributed by atoms with Gasteiger partial charge in [-0.2, -0.15) is 0 Å². The van der Waals surface area contributed by atoms with Crippen LogP contribution in [0.2, 0.25) is 0 Å². The summed E-state index contributed by atoms with van der Waals surface area (Å²) in [5, 5.41) is 8.64. The molecule has 0 saturated carbocycles. The Kier molecular flexibility index (Phi) is 10.7. The molecule has 0 unspecified atom stereocenters. The van der Waals surface area contributed by atoms with Crippen LogP contribution in [0.1, 0.15) is 17.4 Å². The molecule has 2 rings (SSSR count). The predicted octanol–water partition coefficient (Wildman–Crippen LogP) is 2.53. The SMILES string of the molecule is CCNC(=NCc1cccs1)NCCc1ccc(OCC(N)=O)cc1.I. The first-order chi connectivity index (χ1) is 12.2. The summed E-state index contributed by atoms with van der Waals surface area (Å²) in [7, 11) is 0. The standard InChI is InChI=1S/C18H24N4O2S.HI/c1-2-20-18(22-12-16-4-3-11-25-16)21-10-9-14-5-7-15(8-6-14)24-13-17(19)23;/h3-8,11H,2,9-10,12-13H2,1H3,(H2,19,23)(H2,20,21,22);1H. The van der Waals surface area contributed by atoms with Crippen LogP contribution >= 0.6 is 35.3 Å². The Labute approximate surface area is 175 Å². The Balaban J connectivity index is 0.00000338. The Morgan fingerprint density at radius 1 is 1.23 bits per heavy atom. The highest BCUT2D eigenvalue weighted by Crippen LogP contribution is 2.12. The topological polar surface area (TPSA) is 88.7 Å². The van der Waals surface area contributed by atoms with Crippen LogP contribution in [-0.4, -0.2) is 31.6 Å². The lowest BCUT2D eigenvalue weighted by molar-refractivity contribution is -0.119. The number of thiophene rings is 1. The molecule has 1 aromatic carbocycles. The van der Waals surface area contributed by atoms with E-state index in [9.17, 15) is 4.79 Å². The Morgan fingerprint density at radius 3 is 2.62 bits per heavy atom. The Hall–Kier alpha value is -1.81. The van der Waals surface area contributed by atoms with Gasteiger partial charge in [-0.15, -0.1) is 35.3 Å². The number of nitrogens with zero attached hydrogens (tertiary/aromatic N) is 1. The van der Waals surface area contributed by atoms with Gasteiger partial charge in [0.05, 0.1) is 6.54 Å². The Morgan fingerprint density at radius 2 is 2.00 bits per heavy atom. The number of carbonyl (C=O) groups is 1. The van der Waals surface area contributed by atoms with Crippen molar-refractivity contribution in [1.29, 1.82) is 0 Å². The molecule has 0 radical (unpaired) electrons. The number of benzene rings is 1. The highest BCUT2D eigenvalue weighted by Gasteiger charge is 2.01. The van der Waals surface area contributed by atoms with Gasteiger partial charge in [-0.05, 0) is 42.5 Å². The second-order valence-corrected chi connectivity index (χ2v) is 6.38. The van der Waals surface area contributed by atoms with Crippen molar-refractivity contribution in [3.8, 4) is 5.75 Å². The molecule has 1 amide bonds. The minimum absolute atomic E-state index is 0. The van der Waals surface area contributed by atoms with E-state index in [-0.39, 0.29) is 30.6 Å². The number of rotatable bonds is 9. The highest BCUT2D eigenvalue weighted by molar-refractivity contribution is 14.0. The van der Waals surface area contributed by atoms with E-state index in [1.807, 2.05) is 37.3 Å². The fourth-order valence-corrected chi connectivity index (χ4v) is 2.76. The molecular formula is C18H25IN4O2S. The summed E-state index contributed by atoms with van der Waals surface area (Å²) in [4.78, 5) is 16.5. The largest absolute Gasteiger partial charge is 0.484 e. The molecule has 0 aliphatic heterocycles. The van der Waals surface area contributed by atoms with Gasteiger partial charge in [-0.1, -0.05) is 18.2 Å². The molecule has 0 saturated heterocycles. The number of primary amides is 1. The van der Waals surface area contributed by atoms with Crippen LogP contribution in [0.3, 0.4) is 0 Å². The Bertz CT molecular complexity index is 675. The minimum Gasteiger partial charge on any atom is -0.484 e. The lowest BCUT2D eigenvalue weighted by atomic mass is 10.1. The molecule has 0 bridgehead atoms. The second kappa shape index (κ2) is 12.5. The zero-order valence-electron chi connectivity index (χ0n) is 14.7. The van der Waals surface area contributed by atoms with E-state index in [2.05, 4.69) is 27.1 Å². The quantitative estimate of drug-likeness (QED) is 0.288. The lowest BCUT2D eigenvalue weighted by Crippen LogP contribution is -2.38. The number of hydrogen-bond donors (Lipinski definition) is 3. The number of ether oxygens (including phenoxy) is 1. The molecule has 6 nitrogen and oxygen atoms in total. The van der Waals surface area contributed by atoms with E-state index in [1.54, 1.807) is 11.3 Å². The molecule has 1 heterocycles. The average molecular weight is 488 g/mol. The maximum Gasteiger partial charge on any atom is 0.255 e. The van der Waals surface area contributed by atoms with Crippen LogP contribution in [0.4, 0.5) is 0 Å². The van der Waals surface area contributed by atoms with Gasteiger partial charge in [-0.25, -0.2) is 4.99 Å². The molecule has 0 fully saturated rings. The van der Waals surface area contributed by atoms with E-state index in [4.69, 9.17) is 10.5 Å². The van der Waals surface area contributed by atoms with Crippen molar-refractivity contribution < 1.29 is 9.53 Å². The normalized spacial score (nSPS) is 10.7. The average Bonchev–Trinajstić information content (AvgIpc) is 3.12. The number of nitrogens with two attached hydrogens (primary N) is 1. The first kappa shape index (κ1) is 22.2. The summed E-state index contributed by atoms with van der Waals surface area (Å²) in [5.41, 5.74) is 6.23. The number of halogens is 1. The molecule has 0 atom stereocenters. The molecule has 0 aliphatic carbocycles. The van der Waals surface area contributed by atoms with Crippen LogP contribution in [0, 0.1) is 0 Å². The fraction of sp³-hybridized carbons (Fsp3) is 0.333. The number of nitrogens with one attached hydrogen (secondary N) is 2. The lowest BCUT2D eigenvalue weighted by Gasteiger charge is -2.11. The van der Waals surface area contributed by atoms with Gasteiger partial charge in [0.15, 0.2) is 12.6 Å². The van der Waals surface area contributed by atoms with Gasteiger partial charge in [0.25, 0.3) is 5.91 Å². The van der Waals surface area contributed by atoms with Crippen LogP contribution in [-0.2, 0) is 17.8 Å². The van der Waals surface area contributed by atoms with Crippen LogP contribution in [0.15, 0.2) is 46.8 Å². The maximum atomic E-state index is 10.7. The molecule has 142 valence electrons. The van der Waals surface area contributed by atoms with E-state index >= 15 is 0 Å². The summed E-state index contributed by atoms with van der Waals surface area (Å²) in [6.45, 7) is 4.22. The molecule has 2 aromatic rings. The van der Waals surface area contributed by atoms with Crippen molar-refractivity contribution >= 4 is 47.2 Å². The molecular weight excluding hydrogens is 463 g/mol. The number of aliphatic imine (C=N–C) groups is 1. The van der Waals surface area contributed by atoms with Gasteiger partial charge in [0.1, 0.15) is 5.75 Å². The van der Waals surface area contributed by atoms with Crippen LogP contribution in [0.25, 0.3) is 0 Å². The number of guanidine groups is 1. The van der Waals surface area contributed by atoms with Gasteiger partial charge in [0, 0.05) is 18.0 Å². The van der Waals surface area contributed by atoms with E-state index in [0.717, 1.165) is 25.5 Å². The highest BCUT2D eigenvalue weighted by atomic mass is 127. The molecule has 4 N–H and O–H groups in total. The number of carbonyl (C=O) groups excluding carboxylic acids is 1. The summed E-state index contributed by atoms with van der Waals surface area (Å²) >= 11 is 1.71. The third kappa shape index (κ3) is 8.52. The first-order valence-electron chi connectivity index (χ1n) is 8.22. The van der Waals surface area contributed by atoms with E-state index in [1.165, 1.54) is 10.4 Å². The van der Waals surface area contributed by atoms with Gasteiger partial charge in [0.2, 0.25) is 0 Å². The zero-order chi connectivity index (χ0) is 17.9. The minimum atomic E-state index is -0.480.